The van der Waals surface area contributed by atoms with Crippen molar-refractivity contribution >= 4 is 11.6 Å². The fraction of sp³-hybridized carbons (Fsp3) is 0.529. The van der Waals surface area contributed by atoms with Crippen molar-refractivity contribution in [3.05, 3.63) is 70.7 Å². The van der Waals surface area contributed by atoms with Crippen molar-refractivity contribution in [2.24, 2.45) is 5.41 Å². The van der Waals surface area contributed by atoms with Crippen LogP contribution < -0.4 is 0 Å². The molecule has 3 heterocycles. The first kappa shape index (κ1) is 31.1. The molecule has 0 radical (unpaired) electrons. The van der Waals surface area contributed by atoms with E-state index in [4.69, 9.17) is 4.52 Å². The number of aliphatic hydroxyl groups is 1. The van der Waals surface area contributed by atoms with Gasteiger partial charge in [-0.3, -0.25) is 19.5 Å². The molecule has 2 fully saturated rings. The number of carbonyl (C=O) groups excluding carboxylic acids is 2. The Morgan fingerprint density at radius 3 is 2.33 bits per heavy atom. The van der Waals surface area contributed by atoms with Crippen molar-refractivity contribution in [3.8, 4) is 11.3 Å². The van der Waals surface area contributed by atoms with Gasteiger partial charge in [0.2, 0.25) is 0 Å². The van der Waals surface area contributed by atoms with Gasteiger partial charge in [0.05, 0.1) is 11.2 Å². The van der Waals surface area contributed by atoms with E-state index in [-0.39, 0.29) is 41.4 Å². The number of ketones is 2. The van der Waals surface area contributed by atoms with Gasteiger partial charge in [0, 0.05) is 67.3 Å². The lowest BCUT2D eigenvalue weighted by molar-refractivity contribution is -0.128. The molecule has 1 saturated carbocycles. The lowest BCUT2D eigenvalue weighted by Gasteiger charge is -2.55. The van der Waals surface area contributed by atoms with Crippen molar-refractivity contribution in [3.63, 3.8) is 0 Å². The summed E-state index contributed by atoms with van der Waals surface area (Å²) in [5.74, 6) is -1.67. The smallest absolute Gasteiger partial charge is 0.185 e. The predicted molar refractivity (Wildman–Crippen MR) is 159 cm³/mol. The molecule has 2 aliphatic rings. The van der Waals surface area contributed by atoms with Crippen LogP contribution in [0, 0.1) is 30.9 Å². The van der Waals surface area contributed by atoms with E-state index in [0.717, 1.165) is 54.8 Å². The highest BCUT2D eigenvalue weighted by molar-refractivity contribution is 5.96. The van der Waals surface area contributed by atoms with Crippen molar-refractivity contribution in [1.29, 1.82) is 0 Å². The molecule has 1 N–H and O–H groups in total. The molecule has 3 aromatic rings. The summed E-state index contributed by atoms with van der Waals surface area (Å²) in [6.45, 7) is 11.1. The molecule has 0 bridgehead atoms. The van der Waals surface area contributed by atoms with Gasteiger partial charge < -0.3 is 9.63 Å². The lowest BCUT2D eigenvalue weighted by Crippen LogP contribution is -2.62. The number of Topliss-reactive ketones (excluding diaryl/α,β-unsaturated/α-hetero) is 2. The molecule has 7 nitrogen and oxygen atoms in total. The number of aryl methyl sites for hydroxylation is 2. The van der Waals surface area contributed by atoms with E-state index in [0.29, 0.717) is 25.6 Å². The maximum Gasteiger partial charge on any atom is 0.185 e. The summed E-state index contributed by atoms with van der Waals surface area (Å²) < 4.78 is 33.0. The minimum absolute atomic E-state index is 0.0182. The van der Waals surface area contributed by atoms with Gasteiger partial charge in [-0.15, -0.1) is 0 Å². The van der Waals surface area contributed by atoms with Crippen molar-refractivity contribution in [2.45, 2.75) is 96.6 Å². The molecule has 1 aliphatic heterocycles. The molecule has 1 aliphatic carbocycles. The fourth-order valence-corrected chi connectivity index (χ4v) is 6.90. The zero-order chi connectivity index (χ0) is 31.2. The van der Waals surface area contributed by atoms with Crippen LogP contribution in [0.1, 0.15) is 93.2 Å². The topological polar surface area (TPSA) is 96.5 Å². The number of hydrogen-bond donors (Lipinski definition) is 1. The minimum atomic E-state index is -0.805. The number of benzene rings is 1. The molecule has 43 heavy (non-hydrogen) atoms. The van der Waals surface area contributed by atoms with Gasteiger partial charge in [0.1, 0.15) is 23.1 Å². The number of nitrogens with zero attached hydrogens (tertiary/aromatic N) is 3. The summed E-state index contributed by atoms with van der Waals surface area (Å²) in [5, 5.41) is 14.3. The first-order valence-corrected chi connectivity index (χ1v) is 15.0. The summed E-state index contributed by atoms with van der Waals surface area (Å²) in [4.78, 5) is 34.0. The highest BCUT2D eigenvalue weighted by Crippen LogP contribution is 2.44. The first-order valence-electron chi connectivity index (χ1n) is 15.0. The predicted octanol–water partition coefficient (Wildman–Crippen LogP) is 6.53. The average Bonchev–Trinajstić information content (AvgIpc) is 3.36. The number of carbonyl (C=O) groups is 2. The Balaban J connectivity index is 1.32. The second-order valence-electron chi connectivity index (χ2n) is 13.8. The standard InChI is InChI=1S/C34H41F2N3O4/c1-21-12-23(13-22(2)37-21)32(3,4)16-26(40)17-34(19-39(20-34)25-8-10-33(5,42)11-9-25)18-30(41)29-15-31(43-38-29)27-7-6-24(35)14-28(27)36/h6-7,12-15,25,42H,8-11,16-20H2,1-5H3. The van der Waals surface area contributed by atoms with Gasteiger partial charge in [-0.25, -0.2) is 8.78 Å². The maximum absolute atomic E-state index is 14.3. The number of pyridine rings is 1. The van der Waals surface area contributed by atoms with Crippen LogP contribution in [0.4, 0.5) is 8.78 Å². The Kier molecular flexibility index (Phi) is 8.44. The summed E-state index contributed by atoms with van der Waals surface area (Å²) >= 11 is 0. The summed E-state index contributed by atoms with van der Waals surface area (Å²) in [5.41, 5.74) is 1.34. The van der Waals surface area contributed by atoms with Crippen LogP contribution >= 0.6 is 0 Å². The minimum Gasteiger partial charge on any atom is -0.390 e. The van der Waals surface area contributed by atoms with Gasteiger partial charge >= 0.3 is 0 Å². The molecule has 0 amide bonds. The molecular formula is C34H41F2N3O4. The van der Waals surface area contributed by atoms with Crippen LogP contribution in [-0.4, -0.2) is 56.4 Å². The van der Waals surface area contributed by atoms with E-state index in [2.05, 4.69) is 28.9 Å². The van der Waals surface area contributed by atoms with Gasteiger partial charge in [-0.1, -0.05) is 19.0 Å². The highest BCUT2D eigenvalue weighted by Gasteiger charge is 2.49. The van der Waals surface area contributed by atoms with E-state index < -0.39 is 28.1 Å². The molecule has 0 spiro atoms. The maximum atomic E-state index is 14.3. The zero-order valence-corrected chi connectivity index (χ0v) is 25.7. The van der Waals surface area contributed by atoms with Crippen molar-refractivity contribution in [2.75, 3.05) is 13.1 Å². The Bertz CT molecular complexity index is 1490. The molecule has 5 rings (SSSR count). The highest BCUT2D eigenvalue weighted by atomic mass is 19.1. The SMILES string of the molecule is Cc1cc(C(C)(C)CC(=O)CC2(CC(=O)c3cc(-c4ccc(F)cc4F)on3)CN(C3CCC(C)(O)CC3)C2)cc(C)n1. The van der Waals surface area contributed by atoms with Crippen LogP contribution in [0.2, 0.25) is 0 Å². The lowest BCUT2D eigenvalue weighted by atomic mass is 9.68. The van der Waals surface area contributed by atoms with Crippen LogP contribution in [0.5, 0.6) is 0 Å². The number of aromatic nitrogens is 2. The van der Waals surface area contributed by atoms with Crippen LogP contribution in [0.25, 0.3) is 11.3 Å². The van der Waals surface area contributed by atoms with E-state index >= 15 is 0 Å². The second-order valence-corrected chi connectivity index (χ2v) is 13.8. The van der Waals surface area contributed by atoms with E-state index in [1.165, 1.54) is 12.1 Å². The molecule has 2 aromatic heterocycles. The van der Waals surface area contributed by atoms with Crippen LogP contribution in [0.15, 0.2) is 40.9 Å². The Hall–Kier alpha value is -3.30. The second kappa shape index (κ2) is 11.7. The fourth-order valence-electron chi connectivity index (χ4n) is 6.90. The normalized spacial score (nSPS) is 22.3. The largest absolute Gasteiger partial charge is 0.390 e. The van der Waals surface area contributed by atoms with Crippen LogP contribution in [0.3, 0.4) is 0 Å². The molecule has 0 atom stereocenters. The van der Waals surface area contributed by atoms with E-state index in [1.54, 1.807) is 0 Å². The molecule has 9 heteroatoms. The number of rotatable bonds is 10. The van der Waals surface area contributed by atoms with Crippen molar-refractivity contribution in [1.82, 2.24) is 15.0 Å². The van der Waals surface area contributed by atoms with Crippen molar-refractivity contribution < 1.29 is 28.0 Å². The Morgan fingerprint density at radius 1 is 1.05 bits per heavy atom. The monoisotopic (exact) mass is 593 g/mol. The Labute approximate surface area is 251 Å². The van der Waals surface area contributed by atoms with Gasteiger partial charge in [-0.2, -0.15) is 0 Å². The first-order chi connectivity index (χ1) is 20.1. The van der Waals surface area contributed by atoms with Gasteiger partial charge in [0.15, 0.2) is 11.5 Å². The summed E-state index contributed by atoms with van der Waals surface area (Å²) in [6.07, 6.45) is 3.87. The van der Waals surface area contributed by atoms with E-state index in [9.17, 15) is 23.5 Å². The quantitative estimate of drug-likeness (QED) is 0.267. The third-order valence-electron chi connectivity index (χ3n) is 9.23. The average molecular weight is 594 g/mol. The number of likely N-dealkylation sites (tertiary alicyclic amines) is 1. The molecular weight excluding hydrogens is 552 g/mol. The van der Waals surface area contributed by atoms with Crippen LogP contribution in [-0.2, 0) is 10.2 Å². The van der Waals surface area contributed by atoms with Gasteiger partial charge in [0.25, 0.3) is 0 Å². The number of hydrogen-bond acceptors (Lipinski definition) is 7. The van der Waals surface area contributed by atoms with E-state index in [1.807, 2.05) is 32.9 Å². The Morgan fingerprint density at radius 2 is 1.70 bits per heavy atom. The third-order valence-corrected chi connectivity index (χ3v) is 9.23. The molecule has 1 aromatic carbocycles. The zero-order valence-electron chi connectivity index (χ0n) is 25.7. The molecule has 1 saturated heterocycles. The van der Waals surface area contributed by atoms with Gasteiger partial charge in [-0.05, 0) is 81.7 Å². The number of halogens is 2. The molecule has 230 valence electrons. The molecule has 0 unspecified atom stereocenters. The third kappa shape index (κ3) is 7.10. The summed E-state index contributed by atoms with van der Waals surface area (Å²) in [6, 6.07) is 8.85. The summed E-state index contributed by atoms with van der Waals surface area (Å²) in [7, 11) is 0.